The highest BCUT2D eigenvalue weighted by molar-refractivity contribution is 5.93. The van der Waals surface area contributed by atoms with Crippen molar-refractivity contribution in [3.8, 4) is 0 Å². The van der Waals surface area contributed by atoms with Crippen LogP contribution in [0.2, 0.25) is 0 Å². The van der Waals surface area contributed by atoms with E-state index in [2.05, 4.69) is 10.3 Å². The van der Waals surface area contributed by atoms with Gasteiger partial charge in [0.25, 0.3) is 0 Å². The molecule has 0 saturated carbocycles. The molecule has 1 heterocycles. The van der Waals surface area contributed by atoms with Gasteiger partial charge < -0.3 is 11.1 Å². The summed E-state index contributed by atoms with van der Waals surface area (Å²) in [4.78, 5) is 14.6. The molecular formula is C10H9N3O. The zero-order valence-corrected chi connectivity index (χ0v) is 7.40. The average Bonchev–Trinajstić information content (AvgIpc) is 2.38. The highest BCUT2D eigenvalue weighted by Crippen LogP contribution is 2.18. The summed E-state index contributed by atoms with van der Waals surface area (Å²) in [5.41, 5.74) is 7.60. The first kappa shape index (κ1) is 8.50. The lowest BCUT2D eigenvalue weighted by molar-refractivity contribution is -0.104. The predicted octanol–water partition coefficient (Wildman–Crippen LogP) is 0.858. The molecule has 0 aromatic heterocycles. The topological polar surface area (TPSA) is 67.5 Å². The van der Waals surface area contributed by atoms with E-state index in [1.165, 1.54) is 0 Å². The lowest BCUT2D eigenvalue weighted by Crippen LogP contribution is -2.08. The van der Waals surface area contributed by atoms with Crippen LogP contribution in [0.15, 0.2) is 40.8 Å². The molecule has 14 heavy (non-hydrogen) atoms. The summed E-state index contributed by atoms with van der Waals surface area (Å²) in [7, 11) is 0. The molecule has 0 atom stereocenters. The fourth-order valence-corrected chi connectivity index (χ4v) is 1.23. The van der Waals surface area contributed by atoms with Crippen molar-refractivity contribution in [3.05, 3.63) is 41.3 Å². The molecule has 0 fully saturated rings. The number of fused-ring (bicyclic) bond motifs is 1. The Labute approximate surface area is 81.1 Å². The molecule has 0 bridgehead atoms. The molecule has 0 radical (unpaired) electrons. The molecule has 0 amide bonds. The highest BCUT2D eigenvalue weighted by Gasteiger charge is 2.08. The molecule has 1 aliphatic heterocycles. The van der Waals surface area contributed by atoms with Gasteiger partial charge in [-0.15, -0.1) is 0 Å². The first-order valence-electron chi connectivity index (χ1n) is 4.16. The van der Waals surface area contributed by atoms with Gasteiger partial charge in [0.2, 0.25) is 0 Å². The molecule has 4 heteroatoms. The summed E-state index contributed by atoms with van der Waals surface area (Å²) in [5, 5.41) is 2.92. The number of para-hydroxylation sites is 1. The van der Waals surface area contributed by atoms with Gasteiger partial charge in [0.05, 0.1) is 0 Å². The van der Waals surface area contributed by atoms with E-state index in [-0.39, 0.29) is 5.82 Å². The van der Waals surface area contributed by atoms with Gasteiger partial charge in [0.15, 0.2) is 12.1 Å². The Bertz CT molecular complexity index is 435. The quantitative estimate of drug-likeness (QED) is 0.641. The largest absolute Gasteiger partial charge is 0.382 e. The van der Waals surface area contributed by atoms with Gasteiger partial charge in [-0.25, -0.2) is 4.99 Å². The monoisotopic (exact) mass is 187 g/mol. The Morgan fingerprint density at radius 1 is 1.36 bits per heavy atom. The first-order chi connectivity index (χ1) is 6.81. The van der Waals surface area contributed by atoms with Crippen molar-refractivity contribution in [2.75, 3.05) is 5.32 Å². The Balaban J connectivity index is 2.51. The number of aliphatic imine (C=N–C) groups is 1. The third-order valence-corrected chi connectivity index (χ3v) is 1.97. The lowest BCUT2D eigenvalue weighted by Gasteiger charge is -2.05. The number of benzene rings is 1. The van der Waals surface area contributed by atoms with E-state index in [0.717, 1.165) is 11.3 Å². The molecular weight excluding hydrogens is 178 g/mol. The normalized spacial score (nSPS) is 14.3. The van der Waals surface area contributed by atoms with E-state index in [4.69, 9.17) is 5.73 Å². The van der Waals surface area contributed by atoms with Crippen LogP contribution >= 0.6 is 0 Å². The molecule has 0 unspecified atom stereocenters. The van der Waals surface area contributed by atoms with Crippen LogP contribution in [0, 0.1) is 0 Å². The molecule has 0 spiro atoms. The number of rotatable bonds is 1. The number of nitrogens with two attached hydrogens (primary N) is 1. The van der Waals surface area contributed by atoms with Crippen LogP contribution < -0.4 is 11.1 Å². The van der Waals surface area contributed by atoms with Crippen molar-refractivity contribution in [3.63, 3.8) is 0 Å². The molecule has 3 N–H and O–H groups in total. The number of allylic oxidation sites excluding steroid dienone is 1. The van der Waals surface area contributed by atoms with E-state index < -0.39 is 0 Å². The zero-order valence-electron chi connectivity index (χ0n) is 7.40. The number of nitrogens with one attached hydrogen (secondary N) is 1. The smallest absolute Gasteiger partial charge is 0.170 e. The van der Waals surface area contributed by atoms with Crippen molar-refractivity contribution in [1.29, 1.82) is 0 Å². The lowest BCUT2D eigenvalue weighted by atomic mass is 10.2. The summed E-state index contributed by atoms with van der Waals surface area (Å²) >= 11 is 0. The SMILES string of the molecule is NC1=C(C=O)Nc2ccccc2C=N1. The van der Waals surface area contributed by atoms with E-state index in [0.29, 0.717) is 12.0 Å². The number of aldehydes is 1. The van der Waals surface area contributed by atoms with Gasteiger partial charge >= 0.3 is 0 Å². The van der Waals surface area contributed by atoms with Crippen molar-refractivity contribution in [1.82, 2.24) is 0 Å². The molecule has 2 rings (SSSR count). The molecule has 0 aliphatic carbocycles. The second-order valence-electron chi connectivity index (χ2n) is 2.89. The summed E-state index contributed by atoms with van der Waals surface area (Å²) in [6, 6.07) is 7.54. The third kappa shape index (κ3) is 1.37. The van der Waals surface area contributed by atoms with Crippen LogP contribution in [-0.2, 0) is 4.79 Å². The standard InChI is InChI=1S/C10H9N3O/c11-10-9(6-14)13-8-4-2-1-3-7(8)5-12-10/h1-6,13H,11H2. The Kier molecular flexibility index (Phi) is 2.02. The number of carbonyl (C=O) groups excluding carboxylic acids is 1. The van der Waals surface area contributed by atoms with E-state index in [1.807, 2.05) is 24.3 Å². The maximum absolute atomic E-state index is 10.7. The van der Waals surface area contributed by atoms with Gasteiger partial charge in [-0.2, -0.15) is 0 Å². The number of carbonyl (C=O) groups is 1. The van der Waals surface area contributed by atoms with Gasteiger partial charge in [-0.05, 0) is 6.07 Å². The fourth-order valence-electron chi connectivity index (χ4n) is 1.23. The Morgan fingerprint density at radius 3 is 2.93 bits per heavy atom. The fraction of sp³-hybridized carbons (Fsp3) is 0. The van der Waals surface area contributed by atoms with Crippen LogP contribution in [0.5, 0.6) is 0 Å². The van der Waals surface area contributed by atoms with Crippen LogP contribution in [0.3, 0.4) is 0 Å². The van der Waals surface area contributed by atoms with Crippen molar-refractivity contribution < 1.29 is 4.79 Å². The van der Waals surface area contributed by atoms with Gasteiger partial charge in [-0.1, -0.05) is 18.2 Å². The van der Waals surface area contributed by atoms with Crippen molar-refractivity contribution >= 4 is 18.2 Å². The Morgan fingerprint density at radius 2 is 2.14 bits per heavy atom. The maximum Gasteiger partial charge on any atom is 0.170 e. The summed E-state index contributed by atoms with van der Waals surface area (Å²) < 4.78 is 0. The predicted molar refractivity (Wildman–Crippen MR) is 54.9 cm³/mol. The minimum Gasteiger partial charge on any atom is -0.382 e. The van der Waals surface area contributed by atoms with Gasteiger partial charge in [0.1, 0.15) is 5.70 Å². The number of anilines is 1. The molecule has 1 aromatic carbocycles. The van der Waals surface area contributed by atoms with Crippen molar-refractivity contribution in [2.45, 2.75) is 0 Å². The average molecular weight is 187 g/mol. The van der Waals surface area contributed by atoms with E-state index in [9.17, 15) is 4.79 Å². The highest BCUT2D eigenvalue weighted by atomic mass is 16.1. The number of hydrogen-bond donors (Lipinski definition) is 2. The summed E-state index contributed by atoms with van der Waals surface area (Å²) in [6.45, 7) is 0. The molecule has 70 valence electrons. The van der Waals surface area contributed by atoms with Gasteiger partial charge in [-0.3, -0.25) is 4.79 Å². The minimum absolute atomic E-state index is 0.205. The molecule has 1 aliphatic rings. The van der Waals surface area contributed by atoms with E-state index >= 15 is 0 Å². The van der Waals surface area contributed by atoms with Gasteiger partial charge in [0, 0.05) is 17.5 Å². The van der Waals surface area contributed by atoms with Crippen LogP contribution in [-0.4, -0.2) is 12.5 Å². The van der Waals surface area contributed by atoms with E-state index in [1.54, 1.807) is 6.21 Å². The van der Waals surface area contributed by atoms with Crippen molar-refractivity contribution in [2.24, 2.45) is 10.7 Å². The van der Waals surface area contributed by atoms with Crippen LogP contribution in [0.4, 0.5) is 5.69 Å². The third-order valence-electron chi connectivity index (χ3n) is 1.97. The second kappa shape index (κ2) is 3.33. The first-order valence-corrected chi connectivity index (χ1v) is 4.16. The van der Waals surface area contributed by atoms with Crippen LogP contribution in [0.25, 0.3) is 0 Å². The summed E-state index contributed by atoms with van der Waals surface area (Å²) in [5.74, 6) is 0.205. The minimum atomic E-state index is 0.205. The Hall–Kier alpha value is -2.10. The molecule has 0 saturated heterocycles. The number of hydrogen-bond acceptors (Lipinski definition) is 4. The molecule has 4 nitrogen and oxygen atoms in total. The summed E-state index contributed by atoms with van der Waals surface area (Å²) in [6.07, 6.45) is 2.29. The second-order valence-corrected chi connectivity index (χ2v) is 2.89. The maximum atomic E-state index is 10.7. The zero-order chi connectivity index (χ0) is 9.97. The molecule has 1 aromatic rings. The van der Waals surface area contributed by atoms with Crippen LogP contribution in [0.1, 0.15) is 5.56 Å². The number of nitrogens with zero attached hydrogens (tertiary/aromatic N) is 1.